The monoisotopic (exact) mass is 557 g/mol. The Morgan fingerprint density at radius 2 is 1.66 bits per heavy atom. The Bertz CT molecular complexity index is 1370. The lowest BCUT2D eigenvalue weighted by molar-refractivity contribution is -0.146. The number of carbonyl (C=O) groups is 2. The molecule has 41 heavy (non-hydrogen) atoms. The van der Waals surface area contributed by atoms with Crippen molar-refractivity contribution in [3.05, 3.63) is 81.2 Å². The van der Waals surface area contributed by atoms with Crippen LogP contribution in [0.3, 0.4) is 0 Å². The third-order valence-electron chi connectivity index (χ3n) is 8.81. The molecule has 6 rings (SSSR count). The fraction of sp³-hybridized carbons (Fsp3) is 0.486. The normalized spacial score (nSPS) is 22.9. The first-order valence-corrected chi connectivity index (χ1v) is 15.4. The lowest BCUT2D eigenvalue weighted by atomic mass is 9.70. The molecule has 2 aromatic carbocycles. The zero-order valence-corrected chi connectivity index (χ0v) is 24.8. The van der Waals surface area contributed by atoms with Crippen molar-refractivity contribution >= 4 is 11.8 Å². The zero-order valence-electron chi connectivity index (χ0n) is 24.8. The van der Waals surface area contributed by atoms with Gasteiger partial charge in [-0.1, -0.05) is 38.5 Å². The summed E-state index contributed by atoms with van der Waals surface area (Å²) in [5.41, 5.74) is 6.28. The Morgan fingerprint density at radius 3 is 2.32 bits per heavy atom. The molecule has 6 heteroatoms. The van der Waals surface area contributed by atoms with E-state index in [4.69, 9.17) is 4.74 Å². The molecule has 2 unspecified atom stereocenters. The van der Waals surface area contributed by atoms with Gasteiger partial charge in [0.25, 0.3) is 0 Å². The Kier molecular flexibility index (Phi) is 8.58. The van der Waals surface area contributed by atoms with Gasteiger partial charge < -0.3 is 20.3 Å². The molecule has 3 N–H and O–H groups in total. The minimum atomic E-state index is -0.596. The van der Waals surface area contributed by atoms with Gasteiger partial charge in [-0.15, -0.1) is 0 Å². The molecule has 2 saturated carbocycles. The number of dihydropyridines is 1. The molecule has 0 aromatic heterocycles. The summed E-state index contributed by atoms with van der Waals surface area (Å²) >= 11 is 0. The van der Waals surface area contributed by atoms with E-state index in [1.165, 1.54) is 6.42 Å². The van der Waals surface area contributed by atoms with Crippen LogP contribution in [0.2, 0.25) is 0 Å². The van der Waals surface area contributed by atoms with Crippen molar-refractivity contribution in [2.75, 3.05) is 0 Å². The van der Waals surface area contributed by atoms with Gasteiger partial charge in [-0.2, -0.15) is 0 Å². The van der Waals surface area contributed by atoms with E-state index in [9.17, 15) is 19.8 Å². The highest BCUT2D eigenvalue weighted by Gasteiger charge is 2.46. The van der Waals surface area contributed by atoms with Gasteiger partial charge in [0, 0.05) is 40.8 Å². The van der Waals surface area contributed by atoms with Gasteiger partial charge in [0.15, 0.2) is 5.78 Å². The second kappa shape index (κ2) is 12.1. The maximum atomic E-state index is 14.0. The van der Waals surface area contributed by atoms with Crippen molar-refractivity contribution in [3.8, 4) is 11.5 Å². The van der Waals surface area contributed by atoms with E-state index in [0.717, 1.165) is 72.2 Å². The van der Waals surface area contributed by atoms with Gasteiger partial charge in [-0.25, -0.2) is 4.79 Å². The molecular weight excluding hydrogens is 514 g/mol. The maximum absolute atomic E-state index is 14.0. The number of phenolic OH excluding ortho intramolecular Hbond substituents is 2. The number of phenols is 2. The number of aryl methyl sites for hydroxylation is 2. The second-order valence-corrected chi connectivity index (χ2v) is 11.9. The standard InChI is InChI=1S/C33H37NO5.C2H6/c1-18-13-19(2)28(26(36)14-18)22-16-25-30(27(37)17-22)29(21-7-6-8-23(35)15-21)31(32(34-25)20-11-12-20)33(38)39-24-9-4-3-5-10-24;1-2/h6-8,13-15,20,22,24,29,34-36H,3-5,9-12,16-17H2,1-2H3;1-2H3. The number of esters is 1. The minimum absolute atomic E-state index is 0.0423. The van der Waals surface area contributed by atoms with Crippen LogP contribution in [0.4, 0.5) is 0 Å². The topological polar surface area (TPSA) is 95.9 Å². The number of hydrogen-bond donors (Lipinski definition) is 3. The molecular formula is C35H43NO5. The molecule has 1 aliphatic heterocycles. The van der Waals surface area contributed by atoms with Crippen LogP contribution in [0.1, 0.15) is 106 Å². The molecule has 0 radical (unpaired) electrons. The second-order valence-electron chi connectivity index (χ2n) is 11.9. The number of rotatable bonds is 5. The van der Waals surface area contributed by atoms with E-state index in [-0.39, 0.29) is 47.6 Å². The smallest absolute Gasteiger partial charge is 0.337 e. The van der Waals surface area contributed by atoms with Crippen molar-refractivity contribution < 1.29 is 24.5 Å². The first-order chi connectivity index (χ1) is 19.8. The number of aromatic hydroxyl groups is 2. The van der Waals surface area contributed by atoms with E-state index in [1.807, 2.05) is 39.8 Å². The molecule has 0 amide bonds. The van der Waals surface area contributed by atoms with Gasteiger partial charge in [0.05, 0.1) is 5.57 Å². The third-order valence-corrected chi connectivity index (χ3v) is 8.81. The molecule has 0 bridgehead atoms. The fourth-order valence-electron chi connectivity index (χ4n) is 6.96. The number of Topliss-reactive ketones (excluding diaryl/α,β-unsaturated/α-hetero) is 1. The largest absolute Gasteiger partial charge is 0.508 e. The van der Waals surface area contributed by atoms with Crippen LogP contribution >= 0.6 is 0 Å². The predicted molar refractivity (Wildman–Crippen MR) is 160 cm³/mol. The average Bonchev–Trinajstić information content (AvgIpc) is 3.79. The highest BCUT2D eigenvalue weighted by Crippen LogP contribution is 2.51. The summed E-state index contributed by atoms with van der Waals surface area (Å²) in [6.45, 7) is 7.93. The molecule has 2 aromatic rings. The van der Waals surface area contributed by atoms with Gasteiger partial charge in [-0.3, -0.25) is 4.79 Å². The molecule has 3 aliphatic carbocycles. The molecule has 6 nitrogen and oxygen atoms in total. The van der Waals surface area contributed by atoms with Crippen LogP contribution in [-0.4, -0.2) is 28.1 Å². The first-order valence-electron chi connectivity index (χ1n) is 15.4. The highest BCUT2D eigenvalue weighted by atomic mass is 16.5. The lowest BCUT2D eigenvalue weighted by Crippen LogP contribution is -2.38. The molecule has 0 saturated heterocycles. The van der Waals surface area contributed by atoms with Crippen LogP contribution in [0.25, 0.3) is 0 Å². The summed E-state index contributed by atoms with van der Waals surface area (Å²) in [5, 5.41) is 24.8. The molecule has 0 spiro atoms. The molecule has 1 heterocycles. The van der Waals surface area contributed by atoms with E-state index >= 15 is 0 Å². The van der Waals surface area contributed by atoms with Crippen molar-refractivity contribution in [2.24, 2.45) is 5.92 Å². The Labute approximate surface area is 243 Å². The van der Waals surface area contributed by atoms with E-state index < -0.39 is 5.92 Å². The van der Waals surface area contributed by atoms with Crippen molar-refractivity contribution in [1.82, 2.24) is 5.32 Å². The number of nitrogens with one attached hydrogen (secondary N) is 1. The van der Waals surface area contributed by atoms with Crippen molar-refractivity contribution in [3.63, 3.8) is 0 Å². The van der Waals surface area contributed by atoms with Gasteiger partial charge in [-0.05, 0) is 99.6 Å². The van der Waals surface area contributed by atoms with E-state index in [2.05, 4.69) is 5.32 Å². The van der Waals surface area contributed by atoms with Crippen LogP contribution in [0.15, 0.2) is 58.9 Å². The summed E-state index contributed by atoms with van der Waals surface area (Å²) in [5.74, 6) is -0.603. The van der Waals surface area contributed by atoms with Crippen LogP contribution in [0.5, 0.6) is 11.5 Å². The predicted octanol–water partition coefficient (Wildman–Crippen LogP) is 7.37. The number of ketones is 1. The molecule has 2 fully saturated rings. The minimum Gasteiger partial charge on any atom is -0.508 e. The summed E-state index contributed by atoms with van der Waals surface area (Å²) in [4.78, 5) is 27.9. The Morgan fingerprint density at radius 1 is 0.927 bits per heavy atom. The molecule has 218 valence electrons. The van der Waals surface area contributed by atoms with Gasteiger partial charge in [0.2, 0.25) is 0 Å². The summed E-state index contributed by atoms with van der Waals surface area (Å²) < 4.78 is 6.10. The van der Waals surface area contributed by atoms with E-state index in [1.54, 1.807) is 24.3 Å². The van der Waals surface area contributed by atoms with Gasteiger partial charge in [0.1, 0.15) is 17.6 Å². The highest BCUT2D eigenvalue weighted by molar-refractivity contribution is 6.04. The average molecular weight is 558 g/mol. The fourth-order valence-corrected chi connectivity index (χ4v) is 6.96. The number of hydrogen-bond acceptors (Lipinski definition) is 6. The van der Waals surface area contributed by atoms with Crippen LogP contribution < -0.4 is 5.32 Å². The Hall–Kier alpha value is -3.54. The molecule has 4 aliphatic rings. The number of benzene rings is 2. The van der Waals surface area contributed by atoms with E-state index in [0.29, 0.717) is 17.6 Å². The zero-order chi connectivity index (χ0) is 29.3. The van der Waals surface area contributed by atoms with Crippen molar-refractivity contribution in [2.45, 2.75) is 103 Å². The lowest BCUT2D eigenvalue weighted by Gasteiger charge is -2.38. The Balaban J connectivity index is 0.00000165. The number of ether oxygens (including phenoxy) is 1. The first kappa shape index (κ1) is 29.0. The molecule has 2 atom stereocenters. The van der Waals surface area contributed by atoms with Crippen molar-refractivity contribution in [1.29, 1.82) is 0 Å². The maximum Gasteiger partial charge on any atom is 0.337 e. The number of allylic oxidation sites excluding steroid dienone is 3. The third kappa shape index (κ3) is 5.93. The summed E-state index contributed by atoms with van der Waals surface area (Å²) in [6, 6.07) is 10.7. The SMILES string of the molecule is CC.Cc1cc(C)c(C2CC(=O)C3=C(C2)NC(C2CC2)=C(C(=O)OC2CCCCC2)C3c2cccc(O)c2)c(O)c1. The van der Waals surface area contributed by atoms with Gasteiger partial charge >= 0.3 is 5.97 Å². The summed E-state index contributed by atoms with van der Waals surface area (Å²) in [6.07, 6.45) is 7.69. The number of carbonyl (C=O) groups excluding carboxylic acids is 2. The quantitative estimate of drug-likeness (QED) is 0.332. The van der Waals surface area contributed by atoms with Crippen LogP contribution in [-0.2, 0) is 14.3 Å². The van der Waals surface area contributed by atoms with Crippen LogP contribution in [0, 0.1) is 19.8 Å². The summed E-state index contributed by atoms with van der Waals surface area (Å²) in [7, 11) is 0.